The Morgan fingerprint density at radius 2 is 2.29 bits per heavy atom. The molecule has 0 fully saturated rings. The Kier molecular flexibility index (Phi) is 3.13. The highest BCUT2D eigenvalue weighted by atomic mass is 16.5. The minimum absolute atomic E-state index is 0.267. The summed E-state index contributed by atoms with van der Waals surface area (Å²) in [6.07, 6.45) is 2.34. The van der Waals surface area contributed by atoms with E-state index in [0.717, 1.165) is 16.7 Å². The molecule has 0 aliphatic heterocycles. The topological polar surface area (TPSA) is 48.4 Å². The first-order valence-corrected chi connectivity index (χ1v) is 5.58. The maximum Gasteiger partial charge on any atom is 0.338 e. The highest BCUT2D eigenvalue weighted by Gasteiger charge is 2.28. The maximum absolute atomic E-state index is 11.9. The molecular weight excluding hydrogens is 218 g/mol. The first-order valence-electron chi connectivity index (χ1n) is 5.58. The predicted molar refractivity (Wildman–Crippen MR) is 63.7 cm³/mol. The number of hydrogen-bond donors (Lipinski definition) is 0. The van der Waals surface area contributed by atoms with Gasteiger partial charge in [0, 0.05) is 18.2 Å². The van der Waals surface area contributed by atoms with Crippen molar-refractivity contribution in [1.29, 1.82) is 0 Å². The van der Waals surface area contributed by atoms with Crippen molar-refractivity contribution in [2.24, 2.45) is 0 Å². The Hall–Kier alpha value is -1.84. The molecule has 0 amide bonds. The SMILES string of the molecule is CCOC(=O)C1=C(C)Cc2c1ccnc2OC. The smallest absolute Gasteiger partial charge is 0.338 e. The molecule has 0 saturated carbocycles. The third-order valence-electron chi connectivity index (χ3n) is 2.83. The number of hydrogen-bond acceptors (Lipinski definition) is 4. The van der Waals surface area contributed by atoms with Gasteiger partial charge in [0.1, 0.15) is 0 Å². The van der Waals surface area contributed by atoms with E-state index >= 15 is 0 Å². The fourth-order valence-electron chi connectivity index (χ4n) is 2.13. The Morgan fingerprint density at radius 3 is 2.94 bits per heavy atom. The van der Waals surface area contributed by atoms with Crippen molar-refractivity contribution < 1.29 is 14.3 Å². The Balaban J connectivity index is 2.45. The molecule has 0 spiro atoms. The molecule has 1 aliphatic rings. The number of esters is 1. The summed E-state index contributed by atoms with van der Waals surface area (Å²) < 4.78 is 10.3. The molecule has 0 radical (unpaired) electrons. The van der Waals surface area contributed by atoms with E-state index < -0.39 is 0 Å². The van der Waals surface area contributed by atoms with E-state index in [1.165, 1.54) is 0 Å². The van der Waals surface area contributed by atoms with E-state index in [1.54, 1.807) is 20.2 Å². The van der Waals surface area contributed by atoms with Crippen molar-refractivity contribution in [2.45, 2.75) is 20.3 Å². The second-order valence-electron chi connectivity index (χ2n) is 3.90. The molecule has 4 heteroatoms. The summed E-state index contributed by atoms with van der Waals surface area (Å²) in [6, 6.07) is 1.83. The lowest BCUT2D eigenvalue weighted by atomic mass is 10.1. The van der Waals surface area contributed by atoms with Crippen LogP contribution >= 0.6 is 0 Å². The van der Waals surface area contributed by atoms with Gasteiger partial charge in [0.05, 0.1) is 19.3 Å². The molecule has 1 aliphatic carbocycles. The lowest BCUT2D eigenvalue weighted by Gasteiger charge is -2.07. The summed E-state index contributed by atoms with van der Waals surface area (Å²) in [5.74, 6) is 0.318. The minimum Gasteiger partial charge on any atom is -0.481 e. The zero-order chi connectivity index (χ0) is 12.4. The monoisotopic (exact) mass is 233 g/mol. The van der Waals surface area contributed by atoms with Crippen LogP contribution < -0.4 is 4.74 Å². The summed E-state index contributed by atoms with van der Waals surface area (Å²) in [7, 11) is 1.58. The van der Waals surface area contributed by atoms with Crippen molar-refractivity contribution in [1.82, 2.24) is 4.98 Å². The number of carbonyl (C=O) groups excluding carboxylic acids is 1. The molecule has 1 aromatic rings. The second-order valence-corrected chi connectivity index (χ2v) is 3.90. The number of aromatic nitrogens is 1. The van der Waals surface area contributed by atoms with Crippen molar-refractivity contribution >= 4 is 11.5 Å². The Labute approximate surface area is 100 Å². The summed E-state index contributed by atoms with van der Waals surface area (Å²) in [5, 5.41) is 0. The van der Waals surface area contributed by atoms with Gasteiger partial charge in [-0.3, -0.25) is 0 Å². The van der Waals surface area contributed by atoms with E-state index in [2.05, 4.69) is 4.98 Å². The van der Waals surface area contributed by atoms with Crippen LogP contribution in [-0.4, -0.2) is 24.7 Å². The van der Waals surface area contributed by atoms with Gasteiger partial charge in [-0.15, -0.1) is 0 Å². The van der Waals surface area contributed by atoms with Gasteiger partial charge in [-0.25, -0.2) is 9.78 Å². The van der Waals surface area contributed by atoms with Crippen LogP contribution in [0.4, 0.5) is 0 Å². The van der Waals surface area contributed by atoms with E-state index in [0.29, 0.717) is 24.5 Å². The van der Waals surface area contributed by atoms with E-state index in [1.807, 2.05) is 13.0 Å². The number of allylic oxidation sites excluding steroid dienone is 1. The largest absolute Gasteiger partial charge is 0.481 e. The summed E-state index contributed by atoms with van der Waals surface area (Å²) in [6.45, 7) is 4.12. The number of fused-ring (bicyclic) bond motifs is 1. The van der Waals surface area contributed by atoms with Gasteiger partial charge in [0.2, 0.25) is 5.88 Å². The molecule has 2 rings (SSSR count). The van der Waals surface area contributed by atoms with Gasteiger partial charge >= 0.3 is 5.97 Å². The Morgan fingerprint density at radius 1 is 1.53 bits per heavy atom. The van der Waals surface area contributed by atoms with E-state index in [9.17, 15) is 4.79 Å². The standard InChI is InChI=1S/C13H15NO3/c1-4-17-13(15)11-8(2)7-10-9(11)5-6-14-12(10)16-3/h5-6H,4,7H2,1-3H3. The van der Waals surface area contributed by atoms with Crippen LogP contribution in [0.25, 0.3) is 5.57 Å². The van der Waals surface area contributed by atoms with Crippen LogP contribution in [0.3, 0.4) is 0 Å². The van der Waals surface area contributed by atoms with Crippen molar-refractivity contribution in [3.8, 4) is 5.88 Å². The number of methoxy groups -OCH3 is 1. The lowest BCUT2D eigenvalue weighted by molar-refractivity contribution is -0.136. The predicted octanol–water partition coefficient (Wildman–Crippen LogP) is 1.98. The second kappa shape index (κ2) is 4.57. The van der Waals surface area contributed by atoms with Crippen LogP contribution in [-0.2, 0) is 16.0 Å². The van der Waals surface area contributed by atoms with Crippen LogP contribution in [0.15, 0.2) is 17.8 Å². The molecule has 0 atom stereocenters. The molecule has 90 valence electrons. The molecule has 0 N–H and O–H groups in total. The summed E-state index contributed by atoms with van der Waals surface area (Å²) in [5.41, 5.74) is 3.51. The molecule has 4 nitrogen and oxygen atoms in total. The lowest BCUT2D eigenvalue weighted by Crippen LogP contribution is -2.07. The van der Waals surface area contributed by atoms with E-state index in [4.69, 9.17) is 9.47 Å². The molecule has 0 aromatic carbocycles. The average Bonchev–Trinajstić information content (AvgIpc) is 2.65. The average molecular weight is 233 g/mol. The molecular formula is C13H15NO3. The van der Waals surface area contributed by atoms with Gasteiger partial charge < -0.3 is 9.47 Å². The third kappa shape index (κ3) is 1.90. The first kappa shape index (κ1) is 11.6. The number of ether oxygens (including phenoxy) is 2. The fraction of sp³-hybridized carbons (Fsp3) is 0.385. The van der Waals surface area contributed by atoms with E-state index in [-0.39, 0.29) is 5.97 Å². The Bertz CT molecular complexity index is 491. The minimum atomic E-state index is -0.267. The van der Waals surface area contributed by atoms with Crippen LogP contribution in [0.1, 0.15) is 25.0 Å². The van der Waals surface area contributed by atoms with Gasteiger partial charge in [0.25, 0.3) is 0 Å². The fourth-order valence-corrected chi connectivity index (χ4v) is 2.13. The highest BCUT2D eigenvalue weighted by Crippen LogP contribution is 2.37. The molecule has 0 unspecified atom stereocenters. The van der Waals surface area contributed by atoms with Gasteiger partial charge in [-0.05, 0) is 25.5 Å². The van der Waals surface area contributed by atoms with Crippen molar-refractivity contribution in [3.05, 3.63) is 29.0 Å². The van der Waals surface area contributed by atoms with Gasteiger partial charge in [-0.1, -0.05) is 5.57 Å². The van der Waals surface area contributed by atoms with Crippen LogP contribution in [0.2, 0.25) is 0 Å². The molecule has 0 saturated heterocycles. The number of pyridine rings is 1. The summed E-state index contributed by atoms with van der Waals surface area (Å²) >= 11 is 0. The maximum atomic E-state index is 11.9. The quantitative estimate of drug-likeness (QED) is 0.749. The molecule has 17 heavy (non-hydrogen) atoms. The van der Waals surface area contributed by atoms with Crippen LogP contribution in [0.5, 0.6) is 5.88 Å². The normalized spacial score (nSPS) is 13.6. The summed E-state index contributed by atoms with van der Waals surface area (Å²) in [4.78, 5) is 16.0. The molecule has 0 bridgehead atoms. The van der Waals surface area contributed by atoms with Crippen LogP contribution in [0, 0.1) is 0 Å². The zero-order valence-corrected chi connectivity index (χ0v) is 10.2. The first-order chi connectivity index (χ1) is 8.19. The van der Waals surface area contributed by atoms with Crippen molar-refractivity contribution in [3.63, 3.8) is 0 Å². The number of rotatable bonds is 3. The molecule has 1 heterocycles. The highest BCUT2D eigenvalue weighted by molar-refractivity contribution is 6.19. The molecule has 1 aromatic heterocycles. The number of nitrogens with zero attached hydrogens (tertiary/aromatic N) is 1. The van der Waals surface area contributed by atoms with Gasteiger partial charge in [0.15, 0.2) is 0 Å². The van der Waals surface area contributed by atoms with Crippen molar-refractivity contribution in [2.75, 3.05) is 13.7 Å². The van der Waals surface area contributed by atoms with Gasteiger partial charge in [-0.2, -0.15) is 0 Å². The number of carbonyl (C=O) groups is 1. The third-order valence-corrected chi connectivity index (χ3v) is 2.83. The zero-order valence-electron chi connectivity index (χ0n) is 10.2.